The minimum absolute atomic E-state index is 0.161. The van der Waals surface area contributed by atoms with Crippen LogP contribution in [-0.4, -0.2) is 16.9 Å². The Hall–Kier alpha value is -0.627. The maximum absolute atomic E-state index is 10.8. The normalized spacial score (nSPS) is 11.8. The maximum atomic E-state index is 10.8. The Bertz CT molecular complexity index is 738. The third-order valence-corrected chi connectivity index (χ3v) is 4.04. The van der Waals surface area contributed by atoms with E-state index in [9.17, 15) is 5.11 Å². The van der Waals surface area contributed by atoms with Crippen LogP contribution in [0.25, 0.3) is 0 Å². The molecule has 0 unspecified atom stereocenters. The molecule has 0 aliphatic rings. The summed E-state index contributed by atoms with van der Waals surface area (Å²) >= 11 is -0.826. The molecule has 26 heavy (non-hydrogen) atoms. The fourth-order valence-electron chi connectivity index (χ4n) is 2.66. The number of phenols is 1. The number of benzene rings is 2. The molecule has 2 nitrogen and oxygen atoms in total. The van der Waals surface area contributed by atoms with E-state index in [1.807, 2.05) is 45.0 Å². The number of aryl methyl sites for hydroxylation is 1. The molecule has 140 valence electrons. The average Bonchev–Trinajstić information content (AvgIpc) is 2.56. The second-order valence-corrected chi connectivity index (χ2v) is 11.5. The molecule has 0 bridgehead atoms. The summed E-state index contributed by atoms with van der Waals surface area (Å²) in [6, 6.07) is 14.3. The summed E-state index contributed by atoms with van der Waals surface area (Å²) < 4.78 is 0. The summed E-state index contributed by atoms with van der Waals surface area (Å²) in [5, 5.41) is 10.8. The van der Waals surface area contributed by atoms with Crippen molar-refractivity contribution in [2.24, 2.45) is 4.99 Å². The van der Waals surface area contributed by atoms with Gasteiger partial charge in [-0.3, -0.25) is 4.99 Å². The monoisotopic (exact) mass is 469 g/mol. The van der Waals surface area contributed by atoms with Gasteiger partial charge in [0, 0.05) is 22.8 Å². The number of nitrogens with zero attached hydrogens (tertiary/aromatic N) is 1. The van der Waals surface area contributed by atoms with Gasteiger partial charge in [-0.15, -0.1) is 0 Å². The molecule has 0 atom stereocenters. The Morgan fingerprint density at radius 3 is 2.04 bits per heavy atom. The third kappa shape index (κ3) is 6.83. The molecule has 0 saturated heterocycles. The van der Waals surface area contributed by atoms with Crippen molar-refractivity contribution in [2.75, 3.05) is 0 Å². The van der Waals surface area contributed by atoms with E-state index in [4.69, 9.17) is 17.0 Å². The Morgan fingerprint density at radius 2 is 1.54 bits per heavy atom. The first-order valence-corrected chi connectivity index (χ1v) is 14.8. The first kappa shape index (κ1) is 23.4. The van der Waals surface area contributed by atoms with Crippen LogP contribution in [0.4, 0.5) is 0 Å². The van der Waals surface area contributed by atoms with E-state index in [0.717, 1.165) is 16.7 Å². The predicted molar refractivity (Wildman–Crippen MR) is 110 cm³/mol. The summed E-state index contributed by atoms with van der Waals surface area (Å²) in [4.78, 5) is 4.54. The first-order chi connectivity index (χ1) is 12.0. The van der Waals surface area contributed by atoms with E-state index in [0.29, 0.717) is 5.75 Å². The number of hydrogen-bond acceptors (Lipinski definition) is 2. The van der Waals surface area contributed by atoms with Crippen molar-refractivity contribution in [3.05, 3.63) is 64.7 Å². The van der Waals surface area contributed by atoms with Crippen molar-refractivity contribution >= 4 is 23.2 Å². The van der Waals surface area contributed by atoms with Crippen LogP contribution >= 0.6 is 17.0 Å². The molecular formula is C21H27Cl2NOZr. The summed E-state index contributed by atoms with van der Waals surface area (Å²) in [5.41, 5.74) is 3.57. The molecule has 0 heterocycles. The van der Waals surface area contributed by atoms with Crippen LogP contribution in [0, 0.1) is 6.92 Å². The fraction of sp³-hybridized carbons (Fsp3) is 0.381. The van der Waals surface area contributed by atoms with Crippen molar-refractivity contribution in [1.82, 2.24) is 0 Å². The third-order valence-electron chi connectivity index (χ3n) is 4.04. The van der Waals surface area contributed by atoms with Crippen LogP contribution in [0.3, 0.4) is 0 Å². The Kier molecular flexibility index (Phi) is 9.06. The van der Waals surface area contributed by atoms with Gasteiger partial charge in [0.05, 0.1) is 5.54 Å². The standard InChI is InChI=1S/C21H27NO.2ClH.Zr/c1-15-12-16(14-22-20(2,3)4)19(23)18(13-15)21(5,6)17-10-8-7-9-11-17;;;/h7-14,23H,1-6H3;2*1H;/q;;;+2/p-2. The van der Waals surface area contributed by atoms with Gasteiger partial charge in [-0.05, 0) is 44.9 Å². The summed E-state index contributed by atoms with van der Waals surface area (Å²) in [6.45, 7) is 12.5. The fourth-order valence-corrected chi connectivity index (χ4v) is 2.66. The topological polar surface area (TPSA) is 32.6 Å². The molecular weight excluding hydrogens is 444 g/mol. The molecule has 1 N–H and O–H groups in total. The Labute approximate surface area is 176 Å². The predicted octanol–water partition coefficient (Wildman–Crippen LogP) is 6.62. The van der Waals surface area contributed by atoms with E-state index < -0.39 is 20.8 Å². The molecule has 0 aromatic heterocycles. The van der Waals surface area contributed by atoms with E-state index >= 15 is 0 Å². The van der Waals surface area contributed by atoms with Gasteiger partial charge in [0.2, 0.25) is 0 Å². The second kappa shape index (κ2) is 10.1. The zero-order chi connectivity index (χ0) is 20.0. The van der Waals surface area contributed by atoms with Crippen LogP contribution < -0.4 is 0 Å². The molecule has 5 heteroatoms. The first-order valence-electron chi connectivity index (χ1n) is 8.44. The number of aromatic hydroxyl groups is 1. The van der Waals surface area contributed by atoms with Gasteiger partial charge in [0.25, 0.3) is 0 Å². The van der Waals surface area contributed by atoms with Gasteiger partial charge in [-0.1, -0.05) is 50.2 Å². The molecule has 0 aliphatic heterocycles. The molecule has 0 amide bonds. The zero-order valence-electron chi connectivity index (χ0n) is 16.3. The molecule has 0 aliphatic carbocycles. The number of phenolic OH excluding ortho intramolecular Hbond substituents is 1. The average molecular weight is 472 g/mol. The Balaban J connectivity index is 0.00000105. The SMILES string of the molecule is Cc1cc(C=NC(C)(C)C)c(O)c(C(C)(C)c2ccccc2)c1.[Cl][Zr][Cl]. The van der Waals surface area contributed by atoms with Crippen molar-refractivity contribution in [1.29, 1.82) is 0 Å². The molecule has 0 radical (unpaired) electrons. The van der Waals surface area contributed by atoms with Gasteiger partial charge in [-0.2, -0.15) is 0 Å². The summed E-state index contributed by atoms with van der Waals surface area (Å²) in [6.07, 6.45) is 1.78. The van der Waals surface area contributed by atoms with Gasteiger partial charge in [0.1, 0.15) is 5.75 Å². The number of hydrogen-bond donors (Lipinski definition) is 1. The molecule has 0 saturated carbocycles. The second-order valence-electron chi connectivity index (χ2n) is 7.74. The van der Waals surface area contributed by atoms with E-state index in [-0.39, 0.29) is 11.0 Å². The Morgan fingerprint density at radius 1 is 1.00 bits per heavy atom. The number of aliphatic imine (C=N–C) groups is 1. The van der Waals surface area contributed by atoms with Crippen LogP contribution in [-0.2, 0) is 26.3 Å². The molecule has 2 aromatic rings. The summed E-state index contributed by atoms with van der Waals surface area (Å²) in [5.74, 6) is 0.317. The van der Waals surface area contributed by atoms with Gasteiger partial charge in [0.15, 0.2) is 0 Å². The number of rotatable bonds is 3. The number of halogens is 2. The van der Waals surface area contributed by atoms with Crippen LogP contribution in [0.1, 0.15) is 56.9 Å². The van der Waals surface area contributed by atoms with Gasteiger partial charge < -0.3 is 5.11 Å². The van der Waals surface area contributed by atoms with Crippen molar-refractivity contribution < 1.29 is 26.0 Å². The van der Waals surface area contributed by atoms with E-state index in [1.54, 1.807) is 6.21 Å². The van der Waals surface area contributed by atoms with Gasteiger partial charge >= 0.3 is 37.9 Å². The van der Waals surface area contributed by atoms with Crippen LogP contribution in [0.2, 0.25) is 0 Å². The molecule has 2 rings (SSSR count). The van der Waals surface area contributed by atoms with Gasteiger partial charge in [-0.25, -0.2) is 0 Å². The quantitative estimate of drug-likeness (QED) is 0.501. The van der Waals surface area contributed by atoms with E-state index in [1.165, 1.54) is 5.56 Å². The molecule has 2 aromatic carbocycles. The molecule has 0 spiro atoms. The van der Waals surface area contributed by atoms with Crippen molar-refractivity contribution in [3.63, 3.8) is 0 Å². The van der Waals surface area contributed by atoms with Crippen LogP contribution in [0.5, 0.6) is 5.75 Å². The zero-order valence-corrected chi connectivity index (χ0v) is 20.2. The minimum atomic E-state index is -0.826. The van der Waals surface area contributed by atoms with Crippen LogP contribution in [0.15, 0.2) is 47.5 Å². The van der Waals surface area contributed by atoms with Crippen molar-refractivity contribution in [3.8, 4) is 5.75 Å². The van der Waals surface area contributed by atoms with Crippen molar-refractivity contribution in [2.45, 2.75) is 52.5 Å². The van der Waals surface area contributed by atoms with E-state index in [2.05, 4.69) is 44.0 Å². The summed E-state index contributed by atoms with van der Waals surface area (Å²) in [7, 11) is 9.87. The molecule has 0 fully saturated rings.